The van der Waals surface area contributed by atoms with Gasteiger partial charge in [0, 0.05) is 0 Å². The molecule has 0 spiro atoms. The van der Waals surface area contributed by atoms with Crippen LogP contribution < -0.4 is 0 Å². The second-order valence-corrected chi connectivity index (χ2v) is 5.25. The monoisotopic (exact) mass is 276 g/mol. The smallest absolute Gasteiger partial charge is 0.107 e. The molecule has 0 saturated carbocycles. The Labute approximate surface area is 121 Å². The third kappa shape index (κ3) is 5.70. The topological polar surface area (TPSA) is 42.0 Å². The van der Waals surface area contributed by atoms with Gasteiger partial charge in [-0.15, -0.1) is 13.2 Å². The molecule has 2 atom stereocenters. The van der Waals surface area contributed by atoms with Gasteiger partial charge in [-0.05, 0) is 19.4 Å². The number of aliphatic hydroxyl groups excluding tert-OH is 1. The van der Waals surface area contributed by atoms with Crippen LogP contribution in [0.3, 0.4) is 0 Å². The first-order valence-electron chi connectivity index (χ1n) is 6.67. The lowest BCUT2D eigenvalue weighted by atomic mass is 10.1. The lowest BCUT2D eigenvalue weighted by Gasteiger charge is -2.23. The zero-order valence-corrected chi connectivity index (χ0v) is 12.3. The molecule has 0 radical (unpaired) electrons. The number of benzene rings is 1. The van der Waals surface area contributed by atoms with Gasteiger partial charge in [0.15, 0.2) is 0 Å². The van der Waals surface area contributed by atoms with Crippen LogP contribution in [0.25, 0.3) is 0 Å². The maximum atomic E-state index is 9.07. The summed E-state index contributed by atoms with van der Waals surface area (Å²) >= 11 is 0. The molecule has 3 heteroatoms. The highest BCUT2D eigenvalue weighted by Crippen LogP contribution is 2.25. The first-order valence-corrected chi connectivity index (χ1v) is 6.67. The third-order valence-corrected chi connectivity index (χ3v) is 3.19. The number of hydrogen-bond donors (Lipinski definition) is 1. The summed E-state index contributed by atoms with van der Waals surface area (Å²) in [7, 11) is 0. The summed E-state index contributed by atoms with van der Waals surface area (Å²) in [4.78, 5) is 0. The van der Waals surface area contributed by atoms with Gasteiger partial charge in [0.05, 0.1) is 19.8 Å². The van der Waals surface area contributed by atoms with Crippen LogP contribution in [0.1, 0.15) is 19.4 Å². The third-order valence-electron chi connectivity index (χ3n) is 3.19. The zero-order chi connectivity index (χ0) is 15.1. The van der Waals surface area contributed by atoms with Gasteiger partial charge < -0.3 is 14.6 Å². The number of aliphatic hydroxyl groups is 1. The van der Waals surface area contributed by atoms with Crippen LogP contribution in [0.4, 0.5) is 0 Å². The Balaban J connectivity index is 0.000000276. The Morgan fingerprint density at radius 3 is 2.35 bits per heavy atom. The molecule has 0 aliphatic carbocycles. The van der Waals surface area contributed by atoms with Gasteiger partial charge in [0.25, 0.3) is 0 Å². The lowest BCUT2D eigenvalue weighted by molar-refractivity contribution is -0.0421. The van der Waals surface area contributed by atoms with E-state index in [1.807, 2.05) is 50.3 Å². The Hall–Kier alpha value is -1.42. The van der Waals surface area contributed by atoms with E-state index >= 15 is 0 Å². The van der Waals surface area contributed by atoms with Crippen LogP contribution in [0.2, 0.25) is 0 Å². The fourth-order valence-corrected chi connectivity index (χ4v) is 1.22. The van der Waals surface area contributed by atoms with Crippen molar-refractivity contribution in [1.29, 1.82) is 0 Å². The summed E-state index contributed by atoms with van der Waals surface area (Å²) in [5, 5.41) is 9.07. The molecule has 3 nitrogen and oxygen atoms in total. The highest BCUT2D eigenvalue weighted by atomic mass is 16.6. The van der Waals surface area contributed by atoms with Crippen molar-refractivity contribution in [3.63, 3.8) is 0 Å². The Bertz CT molecular complexity index is 423. The van der Waals surface area contributed by atoms with E-state index in [-0.39, 0.29) is 12.2 Å². The molecular formula is C17H24O3. The molecular weight excluding hydrogens is 252 g/mol. The van der Waals surface area contributed by atoms with Crippen LogP contribution in [-0.2, 0) is 16.1 Å². The van der Waals surface area contributed by atoms with Crippen LogP contribution in [0, 0.1) is 0 Å². The van der Waals surface area contributed by atoms with E-state index < -0.39 is 5.60 Å². The summed E-state index contributed by atoms with van der Waals surface area (Å²) in [5.74, 6) is 0. The molecule has 20 heavy (non-hydrogen) atoms. The predicted molar refractivity (Wildman–Crippen MR) is 81.5 cm³/mol. The van der Waals surface area contributed by atoms with E-state index in [0.29, 0.717) is 6.61 Å². The van der Waals surface area contributed by atoms with Gasteiger partial charge in [-0.2, -0.15) is 0 Å². The Morgan fingerprint density at radius 2 is 2.00 bits per heavy atom. The second-order valence-electron chi connectivity index (χ2n) is 5.25. The summed E-state index contributed by atoms with van der Waals surface area (Å²) in [6.45, 7) is 12.3. The van der Waals surface area contributed by atoms with E-state index in [0.717, 1.165) is 12.2 Å². The minimum atomic E-state index is -0.643. The van der Waals surface area contributed by atoms with E-state index in [1.54, 1.807) is 6.08 Å². The van der Waals surface area contributed by atoms with Gasteiger partial charge in [0.2, 0.25) is 0 Å². The van der Waals surface area contributed by atoms with Crippen molar-refractivity contribution < 1.29 is 14.6 Å². The van der Waals surface area contributed by atoms with E-state index in [2.05, 4.69) is 13.2 Å². The molecule has 1 saturated heterocycles. The Kier molecular flexibility index (Phi) is 6.14. The molecule has 1 aliphatic heterocycles. The fraction of sp³-hybridized carbons (Fsp3) is 0.412. The summed E-state index contributed by atoms with van der Waals surface area (Å²) in [6.07, 6.45) is 3.45. The molecule has 0 aromatic heterocycles. The molecule has 1 aromatic rings. The lowest BCUT2D eigenvalue weighted by Crippen LogP contribution is -2.30. The maximum absolute atomic E-state index is 9.07. The van der Waals surface area contributed by atoms with Crippen LogP contribution in [0.15, 0.2) is 55.6 Å². The molecule has 0 amide bonds. The molecule has 2 unspecified atom stereocenters. The molecule has 110 valence electrons. The van der Waals surface area contributed by atoms with Crippen molar-refractivity contribution in [2.75, 3.05) is 13.2 Å². The van der Waals surface area contributed by atoms with Crippen molar-refractivity contribution in [1.82, 2.24) is 0 Å². The molecule has 1 aliphatic rings. The van der Waals surface area contributed by atoms with Gasteiger partial charge in [-0.3, -0.25) is 0 Å². The fourth-order valence-electron chi connectivity index (χ4n) is 1.22. The summed E-state index contributed by atoms with van der Waals surface area (Å²) in [6, 6.07) is 9.86. The number of ether oxygens (including phenoxy) is 2. The minimum absolute atomic E-state index is 0.0522. The average molecular weight is 276 g/mol. The second kappa shape index (κ2) is 7.39. The molecule has 1 heterocycles. The molecule has 0 bridgehead atoms. The zero-order valence-electron chi connectivity index (χ0n) is 12.3. The number of hydrogen-bond acceptors (Lipinski definition) is 3. The van der Waals surface area contributed by atoms with Crippen molar-refractivity contribution >= 4 is 0 Å². The largest absolute Gasteiger partial charge is 0.393 e. The van der Waals surface area contributed by atoms with Crippen LogP contribution in [0.5, 0.6) is 0 Å². The number of rotatable bonds is 6. The van der Waals surface area contributed by atoms with Crippen molar-refractivity contribution in [2.45, 2.75) is 31.7 Å². The predicted octanol–water partition coefficient (Wildman–Crippen LogP) is 3.10. The van der Waals surface area contributed by atoms with Crippen LogP contribution >= 0.6 is 0 Å². The molecule has 2 rings (SSSR count). The Morgan fingerprint density at radius 1 is 1.40 bits per heavy atom. The van der Waals surface area contributed by atoms with Gasteiger partial charge in [0.1, 0.15) is 11.2 Å². The quantitative estimate of drug-likeness (QED) is 0.641. The van der Waals surface area contributed by atoms with Crippen molar-refractivity contribution in [2.24, 2.45) is 0 Å². The van der Waals surface area contributed by atoms with E-state index in [4.69, 9.17) is 14.6 Å². The highest BCUT2D eigenvalue weighted by Gasteiger charge is 2.34. The minimum Gasteiger partial charge on any atom is -0.393 e. The average Bonchev–Trinajstić information content (AvgIpc) is 3.25. The normalized spacial score (nSPS) is 22.9. The van der Waals surface area contributed by atoms with Crippen LogP contribution in [-0.4, -0.2) is 29.5 Å². The van der Waals surface area contributed by atoms with Crippen molar-refractivity contribution in [3.05, 3.63) is 61.2 Å². The molecule has 1 N–H and O–H groups in total. The van der Waals surface area contributed by atoms with Gasteiger partial charge >= 0.3 is 0 Å². The molecule has 1 aromatic carbocycles. The van der Waals surface area contributed by atoms with Crippen molar-refractivity contribution in [3.8, 4) is 0 Å². The number of epoxide rings is 1. The van der Waals surface area contributed by atoms with E-state index in [9.17, 15) is 0 Å². The van der Waals surface area contributed by atoms with Gasteiger partial charge in [-0.1, -0.05) is 42.5 Å². The standard InChI is InChI=1S/C12H16O2.C5H8O/c1-3-12(2,10-13)14-9-11-7-5-4-6-8-11;1-3-5(2)4-6-5/h3-8,13H,1,9-10H2,2H3;3H,1,4H2,2H3. The maximum Gasteiger partial charge on any atom is 0.107 e. The first-order chi connectivity index (χ1) is 9.47. The van der Waals surface area contributed by atoms with E-state index in [1.165, 1.54) is 0 Å². The first kappa shape index (κ1) is 16.6. The van der Waals surface area contributed by atoms with Gasteiger partial charge in [-0.25, -0.2) is 0 Å². The summed E-state index contributed by atoms with van der Waals surface area (Å²) < 4.78 is 10.5. The molecule has 1 fully saturated rings. The highest BCUT2D eigenvalue weighted by molar-refractivity contribution is 5.13. The summed E-state index contributed by atoms with van der Waals surface area (Å²) in [5.41, 5.74) is 0.504. The SMILES string of the molecule is C=CC(C)(CO)OCc1ccccc1.C=CC1(C)CO1.